The van der Waals surface area contributed by atoms with E-state index in [9.17, 15) is 14.9 Å². The van der Waals surface area contributed by atoms with Gasteiger partial charge in [-0.1, -0.05) is 17.7 Å². The smallest absolute Gasteiger partial charge is 0.288 e. The fourth-order valence-corrected chi connectivity index (χ4v) is 2.06. The molecule has 1 atom stereocenters. The average Bonchev–Trinajstić information content (AvgIpc) is 2.63. The molecule has 0 aromatic heterocycles. The van der Waals surface area contributed by atoms with Crippen LogP contribution in [-0.2, 0) is 4.79 Å². The number of benzene rings is 2. The van der Waals surface area contributed by atoms with Crippen LogP contribution in [-0.4, -0.2) is 23.1 Å². The number of nitrogens with zero attached hydrogens (tertiary/aromatic N) is 3. The normalized spacial score (nSPS) is 11.6. The standard InChI is InChI=1S/C17H13ClN4O4/c1-11(26-14-5-2-12(9-19)3-6-14)17(23)21-20-10-13-4-7-15(18)16(8-13)22(24)25/h2-8,10-11H,1H3,(H,21,23)/b20-10-/t11-/m0/s1. The van der Waals surface area contributed by atoms with E-state index in [1.807, 2.05) is 6.07 Å². The fourth-order valence-electron chi connectivity index (χ4n) is 1.88. The lowest BCUT2D eigenvalue weighted by molar-refractivity contribution is -0.384. The molecular weight excluding hydrogens is 360 g/mol. The van der Waals surface area contributed by atoms with E-state index >= 15 is 0 Å². The van der Waals surface area contributed by atoms with Crippen LogP contribution in [0.2, 0.25) is 5.02 Å². The Labute approximate surface area is 153 Å². The molecule has 2 rings (SSSR count). The Hall–Kier alpha value is -3.44. The van der Waals surface area contributed by atoms with Gasteiger partial charge in [0.2, 0.25) is 0 Å². The maximum atomic E-state index is 12.0. The van der Waals surface area contributed by atoms with Crippen LogP contribution in [0, 0.1) is 21.4 Å². The molecule has 0 spiro atoms. The molecule has 0 radical (unpaired) electrons. The number of nitrogens with one attached hydrogen (secondary N) is 1. The van der Waals surface area contributed by atoms with Gasteiger partial charge in [-0.15, -0.1) is 0 Å². The molecule has 0 aliphatic carbocycles. The second kappa shape index (κ2) is 8.60. The number of halogens is 1. The van der Waals surface area contributed by atoms with Crippen LogP contribution < -0.4 is 10.2 Å². The van der Waals surface area contributed by atoms with Crippen LogP contribution in [0.5, 0.6) is 5.75 Å². The van der Waals surface area contributed by atoms with E-state index in [1.54, 1.807) is 24.3 Å². The summed E-state index contributed by atoms with van der Waals surface area (Å²) in [7, 11) is 0. The average molecular weight is 373 g/mol. The van der Waals surface area contributed by atoms with Gasteiger partial charge in [0.25, 0.3) is 11.6 Å². The van der Waals surface area contributed by atoms with Crippen LogP contribution >= 0.6 is 11.6 Å². The van der Waals surface area contributed by atoms with Gasteiger partial charge < -0.3 is 4.74 Å². The van der Waals surface area contributed by atoms with Crippen LogP contribution in [0.25, 0.3) is 0 Å². The van der Waals surface area contributed by atoms with E-state index in [1.165, 1.54) is 31.3 Å². The molecule has 0 aliphatic heterocycles. The van der Waals surface area contributed by atoms with Crippen molar-refractivity contribution in [2.45, 2.75) is 13.0 Å². The van der Waals surface area contributed by atoms with Gasteiger partial charge in [0.15, 0.2) is 6.10 Å². The lowest BCUT2D eigenvalue weighted by atomic mass is 10.2. The molecule has 0 fully saturated rings. The fraction of sp³-hybridized carbons (Fsp3) is 0.118. The summed E-state index contributed by atoms with van der Waals surface area (Å²) in [5, 5.41) is 23.3. The van der Waals surface area contributed by atoms with Crippen molar-refractivity contribution in [3.8, 4) is 11.8 Å². The Kier molecular flexibility index (Phi) is 6.25. The summed E-state index contributed by atoms with van der Waals surface area (Å²) in [5.41, 5.74) is 2.92. The van der Waals surface area contributed by atoms with E-state index in [2.05, 4.69) is 10.5 Å². The molecule has 1 N–H and O–H groups in total. The molecule has 9 heteroatoms. The quantitative estimate of drug-likeness (QED) is 0.475. The zero-order valence-corrected chi connectivity index (χ0v) is 14.3. The number of hydrogen-bond acceptors (Lipinski definition) is 6. The lowest BCUT2D eigenvalue weighted by Gasteiger charge is -2.12. The molecule has 2 aromatic carbocycles. The highest BCUT2D eigenvalue weighted by Crippen LogP contribution is 2.24. The van der Waals surface area contributed by atoms with E-state index in [4.69, 9.17) is 21.6 Å². The van der Waals surface area contributed by atoms with Crippen LogP contribution in [0.15, 0.2) is 47.6 Å². The highest BCUT2D eigenvalue weighted by molar-refractivity contribution is 6.32. The Morgan fingerprint density at radius 1 is 1.38 bits per heavy atom. The highest BCUT2D eigenvalue weighted by Gasteiger charge is 2.14. The van der Waals surface area contributed by atoms with Gasteiger partial charge in [-0.25, -0.2) is 5.43 Å². The molecule has 26 heavy (non-hydrogen) atoms. The van der Waals surface area contributed by atoms with Gasteiger partial charge in [-0.05, 0) is 37.3 Å². The number of hydrazone groups is 1. The number of amides is 1. The number of carbonyl (C=O) groups excluding carboxylic acids is 1. The monoisotopic (exact) mass is 372 g/mol. The van der Waals surface area contributed by atoms with Gasteiger partial charge in [-0.3, -0.25) is 14.9 Å². The molecule has 0 bridgehead atoms. The molecular formula is C17H13ClN4O4. The summed E-state index contributed by atoms with van der Waals surface area (Å²) in [6, 6.07) is 12.4. The number of ether oxygens (including phenoxy) is 1. The van der Waals surface area contributed by atoms with Crippen molar-refractivity contribution in [1.82, 2.24) is 5.43 Å². The number of rotatable bonds is 6. The molecule has 0 unspecified atom stereocenters. The molecule has 0 aliphatic rings. The van der Waals surface area contributed by atoms with E-state index < -0.39 is 16.9 Å². The minimum Gasteiger partial charge on any atom is -0.481 e. The van der Waals surface area contributed by atoms with Crippen molar-refractivity contribution in [2.24, 2.45) is 5.10 Å². The molecule has 0 saturated heterocycles. The summed E-state index contributed by atoms with van der Waals surface area (Å²) in [4.78, 5) is 22.2. The van der Waals surface area contributed by atoms with Crippen LogP contribution in [0.4, 0.5) is 5.69 Å². The molecule has 8 nitrogen and oxygen atoms in total. The summed E-state index contributed by atoms with van der Waals surface area (Å²) in [6.07, 6.45) is 0.426. The van der Waals surface area contributed by atoms with Gasteiger partial charge in [-0.2, -0.15) is 10.4 Å². The summed E-state index contributed by atoms with van der Waals surface area (Å²) < 4.78 is 5.44. The van der Waals surface area contributed by atoms with Crippen molar-refractivity contribution in [3.05, 3.63) is 68.7 Å². The Morgan fingerprint density at radius 2 is 2.08 bits per heavy atom. The van der Waals surface area contributed by atoms with E-state index in [0.29, 0.717) is 16.9 Å². The molecule has 0 heterocycles. The topological polar surface area (TPSA) is 118 Å². The maximum absolute atomic E-state index is 12.0. The summed E-state index contributed by atoms with van der Waals surface area (Å²) in [5.74, 6) is -0.0713. The first kappa shape index (κ1) is 18.9. The number of nitriles is 1. The first-order valence-corrected chi connectivity index (χ1v) is 7.72. The largest absolute Gasteiger partial charge is 0.481 e. The van der Waals surface area contributed by atoms with Crippen molar-refractivity contribution in [2.75, 3.05) is 0 Å². The number of hydrogen-bond donors (Lipinski definition) is 1. The Balaban J connectivity index is 1.94. The third-order valence-electron chi connectivity index (χ3n) is 3.22. The van der Waals surface area contributed by atoms with Gasteiger partial charge >= 0.3 is 0 Å². The van der Waals surface area contributed by atoms with E-state index in [-0.39, 0.29) is 10.7 Å². The van der Waals surface area contributed by atoms with Gasteiger partial charge in [0.1, 0.15) is 10.8 Å². The minimum absolute atomic E-state index is 0.0145. The van der Waals surface area contributed by atoms with Crippen LogP contribution in [0.3, 0.4) is 0 Å². The van der Waals surface area contributed by atoms with Gasteiger partial charge in [0, 0.05) is 11.6 Å². The Morgan fingerprint density at radius 3 is 2.69 bits per heavy atom. The minimum atomic E-state index is -0.834. The number of carbonyl (C=O) groups is 1. The van der Waals surface area contributed by atoms with Crippen molar-refractivity contribution in [1.29, 1.82) is 5.26 Å². The first-order valence-electron chi connectivity index (χ1n) is 7.34. The lowest BCUT2D eigenvalue weighted by Crippen LogP contribution is -2.33. The van der Waals surface area contributed by atoms with Crippen molar-refractivity contribution >= 4 is 29.4 Å². The van der Waals surface area contributed by atoms with Crippen molar-refractivity contribution in [3.63, 3.8) is 0 Å². The predicted octanol–water partition coefficient (Wildman–Crippen LogP) is 3.04. The third kappa shape index (κ3) is 5.03. The van der Waals surface area contributed by atoms with Gasteiger partial charge in [0.05, 0.1) is 22.8 Å². The second-order valence-corrected chi connectivity index (χ2v) is 5.51. The zero-order valence-electron chi connectivity index (χ0n) is 13.5. The SMILES string of the molecule is C[C@H](Oc1ccc(C#N)cc1)C(=O)N/N=C\c1ccc(Cl)c([N+](=O)[O-])c1. The molecule has 132 valence electrons. The molecule has 2 aromatic rings. The zero-order chi connectivity index (χ0) is 19.1. The third-order valence-corrected chi connectivity index (χ3v) is 3.54. The highest BCUT2D eigenvalue weighted by atomic mass is 35.5. The number of nitro benzene ring substituents is 1. The second-order valence-electron chi connectivity index (χ2n) is 5.10. The summed E-state index contributed by atoms with van der Waals surface area (Å²) in [6.45, 7) is 1.54. The van der Waals surface area contributed by atoms with Crippen molar-refractivity contribution < 1.29 is 14.5 Å². The predicted molar refractivity (Wildman–Crippen MR) is 95.1 cm³/mol. The van der Waals surface area contributed by atoms with E-state index in [0.717, 1.165) is 0 Å². The maximum Gasteiger partial charge on any atom is 0.288 e. The summed E-state index contributed by atoms with van der Waals surface area (Å²) >= 11 is 5.72. The molecule has 0 saturated carbocycles. The number of nitro groups is 1. The Bertz CT molecular complexity index is 891. The first-order chi connectivity index (χ1) is 12.4. The molecule has 1 amide bonds. The van der Waals surface area contributed by atoms with Crippen LogP contribution in [0.1, 0.15) is 18.1 Å².